The lowest BCUT2D eigenvalue weighted by atomic mass is 9.87. The highest BCUT2D eigenvalue weighted by Crippen LogP contribution is 2.71. The first-order chi connectivity index (χ1) is 13.9. The van der Waals surface area contributed by atoms with E-state index < -0.39 is 7.92 Å². The molecule has 0 fully saturated rings. The third-order valence-electron chi connectivity index (χ3n) is 6.57. The fraction of sp³-hybridized carbons (Fsp3) is 0.214. The van der Waals surface area contributed by atoms with Gasteiger partial charge in [0.25, 0.3) is 0 Å². The van der Waals surface area contributed by atoms with Crippen molar-refractivity contribution < 1.29 is 0 Å². The van der Waals surface area contributed by atoms with Gasteiger partial charge in [-0.3, -0.25) is 0 Å². The molecule has 1 heteroatoms. The summed E-state index contributed by atoms with van der Waals surface area (Å²) in [5.74, 6) is 0. The Balaban J connectivity index is 1.82. The van der Waals surface area contributed by atoms with Gasteiger partial charge in [0.15, 0.2) is 0 Å². The van der Waals surface area contributed by atoms with Gasteiger partial charge in [-0.05, 0) is 38.3 Å². The lowest BCUT2D eigenvalue weighted by Gasteiger charge is -2.51. The standard InChI is InChI=1S/C28H27P/c1-27(2)23-17-10-14-21-15-11-18-24(26(21)23)28(3,4)29(27)25-19-9-8-16-22(25)20-12-6-5-7-13-20/h5-19H,1-4H3. The molecule has 0 unspecified atom stereocenters. The lowest BCUT2D eigenvalue weighted by Crippen LogP contribution is -2.36. The minimum atomic E-state index is -0.510. The summed E-state index contributed by atoms with van der Waals surface area (Å²) in [6, 6.07) is 33.7. The van der Waals surface area contributed by atoms with E-state index in [1.165, 1.54) is 38.3 Å². The Morgan fingerprint density at radius 1 is 0.552 bits per heavy atom. The normalized spacial score (nSPS) is 17.4. The molecular formula is C28H27P. The molecule has 144 valence electrons. The van der Waals surface area contributed by atoms with E-state index in [0.29, 0.717) is 0 Å². The zero-order valence-electron chi connectivity index (χ0n) is 17.6. The van der Waals surface area contributed by atoms with Crippen LogP contribution in [-0.4, -0.2) is 0 Å². The zero-order chi connectivity index (χ0) is 20.2. The first-order valence-electron chi connectivity index (χ1n) is 10.4. The maximum absolute atomic E-state index is 2.47. The molecule has 0 nitrogen and oxygen atoms in total. The van der Waals surface area contributed by atoms with Gasteiger partial charge >= 0.3 is 0 Å². The molecular weight excluding hydrogens is 367 g/mol. The van der Waals surface area contributed by atoms with Crippen molar-refractivity contribution in [2.45, 2.75) is 38.0 Å². The molecule has 4 aromatic rings. The Morgan fingerprint density at radius 3 is 1.72 bits per heavy atom. The van der Waals surface area contributed by atoms with E-state index in [2.05, 4.69) is 119 Å². The molecule has 1 heterocycles. The SMILES string of the molecule is CC1(C)c2cccc3cccc(c23)C(C)(C)P1c1ccccc1-c1ccccc1. The monoisotopic (exact) mass is 394 g/mol. The molecule has 0 atom stereocenters. The first-order valence-corrected chi connectivity index (χ1v) is 11.7. The molecule has 5 rings (SSSR count). The zero-order valence-corrected chi connectivity index (χ0v) is 18.5. The van der Waals surface area contributed by atoms with E-state index in [-0.39, 0.29) is 10.3 Å². The molecule has 4 aromatic carbocycles. The second-order valence-corrected chi connectivity index (χ2v) is 12.4. The van der Waals surface area contributed by atoms with Gasteiger partial charge in [0.1, 0.15) is 0 Å². The van der Waals surface area contributed by atoms with Crippen LogP contribution in [0, 0.1) is 0 Å². The summed E-state index contributed by atoms with van der Waals surface area (Å²) >= 11 is 0. The maximum Gasteiger partial charge on any atom is 0.0153 e. The predicted molar refractivity (Wildman–Crippen MR) is 128 cm³/mol. The highest BCUT2D eigenvalue weighted by atomic mass is 31.1. The maximum atomic E-state index is 2.47. The van der Waals surface area contributed by atoms with E-state index in [0.717, 1.165) is 0 Å². The highest BCUT2D eigenvalue weighted by Gasteiger charge is 2.48. The van der Waals surface area contributed by atoms with Crippen LogP contribution >= 0.6 is 7.92 Å². The topological polar surface area (TPSA) is 0 Å². The molecule has 0 saturated carbocycles. The Morgan fingerprint density at radius 2 is 1.10 bits per heavy atom. The molecule has 0 aliphatic carbocycles. The van der Waals surface area contributed by atoms with E-state index in [1.807, 2.05) is 0 Å². The minimum absolute atomic E-state index is 0.0809. The van der Waals surface area contributed by atoms with Crippen LogP contribution < -0.4 is 5.30 Å². The summed E-state index contributed by atoms with van der Waals surface area (Å²) in [7, 11) is -0.510. The Labute approximate surface area is 175 Å². The summed E-state index contributed by atoms with van der Waals surface area (Å²) in [5.41, 5.74) is 5.69. The van der Waals surface area contributed by atoms with Gasteiger partial charge in [-0.25, -0.2) is 0 Å². The van der Waals surface area contributed by atoms with Gasteiger partial charge in [0.05, 0.1) is 0 Å². The quantitative estimate of drug-likeness (QED) is 0.304. The van der Waals surface area contributed by atoms with Gasteiger partial charge in [0, 0.05) is 10.3 Å². The molecule has 1 aliphatic rings. The van der Waals surface area contributed by atoms with Crippen molar-refractivity contribution in [2.75, 3.05) is 0 Å². The Hall–Kier alpha value is -2.43. The minimum Gasteiger partial charge on any atom is -0.0622 e. The van der Waals surface area contributed by atoms with Crippen molar-refractivity contribution in [3.05, 3.63) is 102 Å². The van der Waals surface area contributed by atoms with Gasteiger partial charge < -0.3 is 0 Å². The highest BCUT2D eigenvalue weighted by molar-refractivity contribution is 7.68. The van der Waals surface area contributed by atoms with Crippen LogP contribution in [0.1, 0.15) is 38.8 Å². The number of rotatable bonds is 2. The van der Waals surface area contributed by atoms with E-state index >= 15 is 0 Å². The molecule has 0 saturated heterocycles. The summed E-state index contributed by atoms with van der Waals surface area (Å²) in [4.78, 5) is 0. The van der Waals surface area contributed by atoms with Crippen molar-refractivity contribution in [1.82, 2.24) is 0 Å². The smallest absolute Gasteiger partial charge is 0.0153 e. The molecule has 29 heavy (non-hydrogen) atoms. The lowest BCUT2D eigenvalue weighted by molar-refractivity contribution is 0.679. The summed E-state index contributed by atoms with van der Waals surface area (Å²) in [6.07, 6.45) is 0. The molecule has 0 radical (unpaired) electrons. The summed E-state index contributed by atoms with van der Waals surface area (Å²) in [5, 5.41) is 4.51. The molecule has 0 amide bonds. The van der Waals surface area contributed by atoms with Crippen molar-refractivity contribution in [2.24, 2.45) is 0 Å². The van der Waals surface area contributed by atoms with Crippen molar-refractivity contribution in [3.8, 4) is 11.1 Å². The summed E-state index contributed by atoms with van der Waals surface area (Å²) in [6.45, 7) is 9.86. The largest absolute Gasteiger partial charge is 0.0622 e. The second-order valence-electron chi connectivity index (χ2n) is 9.05. The first kappa shape index (κ1) is 18.6. The van der Waals surface area contributed by atoms with Gasteiger partial charge in [-0.1, -0.05) is 127 Å². The van der Waals surface area contributed by atoms with Gasteiger partial charge in [-0.15, -0.1) is 0 Å². The van der Waals surface area contributed by atoms with Gasteiger partial charge in [0.2, 0.25) is 0 Å². The fourth-order valence-electron chi connectivity index (χ4n) is 5.43. The van der Waals surface area contributed by atoms with Crippen molar-refractivity contribution in [1.29, 1.82) is 0 Å². The van der Waals surface area contributed by atoms with Crippen LogP contribution in [0.4, 0.5) is 0 Å². The number of hydrogen-bond donors (Lipinski definition) is 0. The molecule has 0 bridgehead atoms. The molecule has 0 spiro atoms. The predicted octanol–water partition coefficient (Wildman–Crippen LogP) is 7.80. The third-order valence-corrected chi connectivity index (χ3v) is 10.2. The van der Waals surface area contributed by atoms with Crippen LogP contribution in [-0.2, 0) is 10.3 Å². The van der Waals surface area contributed by atoms with Crippen LogP contribution in [0.3, 0.4) is 0 Å². The van der Waals surface area contributed by atoms with E-state index in [4.69, 9.17) is 0 Å². The van der Waals surface area contributed by atoms with E-state index in [1.54, 1.807) is 0 Å². The molecule has 1 aliphatic heterocycles. The Bertz CT molecular complexity index is 1150. The van der Waals surface area contributed by atoms with E-state index in [9.17, 15) is 0 Å². The van der Waals surface area contributed by atoms with Gasteiger partial charge in [-0.2, -0.15) is 0 Å². The van der Waals surface area contributed by atoms with Crippen LogP contribution in [0.25, 0.3) is 21.9 Å². The fourth-order valence-corrected chi connectivity index (χ4v) is 9.57. The average molecular weight is 394 g/mol. The van der Waals surface area contributed by atoms with Crippen molar-refractivity contribution in [3.63, 3.8) is 0 Å². The second kappa shape index (κ2) is 6.54. The Kier molecular flexibility index (Phi) is 4.19. The van der Waals surface area contributed by atoms with Crippen LogP contribution in [0.2, 0.25) is 0 Å². The molecule has 0 aromatic heterocycles. The number of benzene rings is 4. The number of hydrogen-bond acceptors (Lipinski definition) is 0. The molecule has 0 N–H and O–H groups in total. The van der Waals surface area contributed by atoms with Crippen molar-refractivity contribution >= 4 is 24.0 Å². The summed E-state index contributed by atoms with van der Waals surface area (Å²) < 4.78 is 0. The third kappa shape index (κ3) is 2.70. The van der Waals surface area contributed by atoms with Crippen LogP contribution in [0.15, 0.2) is 91.0 Å². The van der Waals surface area contributed by atoms with Crippen LogP contribution in [0.5, 0.6) is 0 Å². The average Bonchev–Trinajstić information content (AvgIpc) is 2.73.